The number of rotatable bonds is 3. The van der Waals surface area contributed by atoms with Gasteiger partial charge in [0.05, 0.1) is 7.11 Å². The number of ether oxygens (including phenoxy) is 1. The molecule has 3 aromatic rings. The number of carbonyl (C=O) groups is 1. The van der Waals surface area contributed by atoms with Crippen molar-refractivity contribution in [1.29, 1.82) is 0 Å². The summed E-state index contributed by atoms with van der Waals surface area (Å²) < 4.78 is 18.1. The number of aromatic nitrogens is 2. The van der Waals surface area contributed by atoms with E-state index >= 15 is 0 Å². The zero-order valence-corrected chi connectivity index (χ0v) is 11.2. The lowest BCUT2D eigenvalue weighted by atomic mass is 10.2. The van der Waals surface area contributed by atoms with Crippen molar-refractivity contribution < 1.29 is 13.9 Å². The topological polar surface area (TPSA) is 67.0 Å². The normalized spacial score (nSPS) is 10.6. The van der Waals surface area contributed by atoms with E-state index in [1.54, 1.807) is 13.2 Å². The van der Waals surface area contributed by atoms with E-state index in [0.29, 0.717) is 22.6 Å². The fourth-order valence-corrected chi connectivity index (χ4v) is 2.06. The first-order chi connectivity index (χ1) is 10.2. The van der Waals surface area contributed by atoms with Crippen LogP contribution in [0.15, 0.2) is 42.5 Å². The maximum absolute atomic E-state index is 12.9. The summed E-state index contributed by atoms with van der Waals surface area (Å²) in [6.45, 7) is 0. The third kappa shape index (κ3) is 2.43. The molecule has 0 saturated heterocycles. The zero-order chi connectivity index (χ0) is 14.8. The first kappa shape index (κ1) is 13.1. The van der Waals surface area contributed by atoms with Crippen molar-refractivity contribution in [1.82, 2.24) is 10.2 Å². The quantitative estimate of drug-likeness (QED) is 0.777. The Bertz CT molecular complexity index is 796. The fourth-order valence-electron chi connectivity index (χ4n) is 2.06. The molecule has 6 heteroatoms. The summed E-state index contributed by atoms with van der Waals surface area (Å²) in [5, 5.41) is 10.3. The van der Waals surface area contributed by atoms with E-state index in [-0.39, 0.29) is 11.7 Å². The molecule has 0 atom stereocenters. The Morgan fingerprint density at radius 3 is 2.71 bits per heavy atom. The van der Waals surface area contributed by atoms with Gasteiger partial charge in [-0.05, 0) is 36.4 Å². The van der Waals surface area contributed by atoms with Gasteiger partial charge >= 0.3 is 0 Å². The molecule has 2 aromatic carbocycles. The molecule has 0 bridgehead atoms. The van der Waals surface area contributed by atoms with E-state index in [1.165, 1.54) is 24.3 Å². The maximum Gasteiger partial charge on any atom is 0.256 e. The minimum absolute atomic E-state index is 0.355. The number of aromatic amines is 1. The zero-order valence-electron chi connectivity index (χ0n) is 11.2. The molecule has 0 spiro atoms. The third-order valence-corrected chi connectivity index (χ3v) is 3.12. The van der Waals surface area contributed by atoms with Crippen LogP contribution in [0.2, 0.25) is 0 Å². The van der Waals surface area contributed by atoms with Crippen LogP contribution in [0.25, 0.3) is 10.9 Å². The van der Waals surface area contributed by atoms with Crippen LogP contribution in [0.3, 0.4) is 0 Å². The Balaban J connectivity index is 1.91. The first-order valence-corrected chi connectivity index (χ1v) is 6.27. The highest BCUT2D eigenvalue weighted by Crippen LogP contribution is 2.28. The predicted molar refractivity (Wildman–Crippen MR) is 77.0 cm³/mol. The van der Waals surface area contributed by atoms with Crippen LogP contribution in [0, 0.1) is 5.82 Å². The minimum Gasteiger partial charge on any atom is -0.494 e. The van der Waals surface area contributed by atoms with Crippen molar-refractivity contribution in [2.24, 2.45) is 0 Å². The fraction of sp³-hybridized carbons (Fsp3) is 0.0667. The van der Waals surface area contributed by atoms with E-state index in [2.05, 4.69) is 15.5 Å². The van der Waals surface area contributed by atoms with Crippen LogP contribution in [-0.2, 0) is 0 Å². The van der Waals surface area contributed by atoms with Crippen molar-refractivity contribution >= 4 is 22.6 Å². The van der Waals surface area contributed by atoms with Gasteiger partial charge in [0.25, 0.3) is 5.91 Å². The largest absolute Gasteiger partial charge is 0.494 e. The number of anilines is 1. The second-order valence-corrected chi connectivity index (χ2v) is 4.42. The van der Waals surface area contributed by atoms with Crippen LogP contribution < -0.4 is 10.1 Å². The Hall–Kier alpha value is -2.89. The number of para-hydroxylation sites is 1. The second kappa shape index (κ2) is 5.24. The van der Waals surface area contributed by atoms with Crippen molar-refractivity contribution in [3.63, 3.8) is 0 Å². The Morgan fingerprint density at radius 2 is 2.00 bits per heavy atom. The highest BCUT2D eigenvalue weighted by Gasteiger charge is 2.13. The number of halogens is 1. The van der Waals surface area contributed by atoms with Gasteiger partial charge in [-0.15, -0.1) is 0 Å². The summed E-state index contributed by atoms with van der Waals surface area (Å²) in [6, 6.07) is 10.7. The van der Waals surface area contributed by atoms with Gasteiger partial charge < -0.3 is 10.1 Å². The molecule has 21 heavy (non-hydrogen) atoms. The van der Waals surface area contributed by atoms with Gasteiger partial charge in [0.15, 0.2) is 5.82 Å². The van der Waals surface area contributed by atoms with E-state index in [4.69, 9.17) is 4.74 Å². The molecule has 1 aromatic heterocycles. The van der Waals surface area contributed by atoms with E-state index < -0.39 is 0 Å². The van der Waals surface area contributed by atoms with Gasteiger partial charge in [0.2, 0.25) is 0 Å². The summed E-state index contributed by atoms with van der Waals surface area (Å²) in [7, 11) is 1.56. The predicted octanol–water partition coefficient (Wildman–Crippen LogP) is 2.96. The molecule has 1 amide bonds. The molecule has 0 saturated carbocycles. The molecule has 106 valence electrons. The molecule has 0 aliphatic rings. The molecule has 3 rings (SSSR count). The summed E-state index contributed by atoms with van der Waals surface area (Å²) in [6.07, 6.45) is 0. The molecule has 0 radical (unpaired) electrons. The van der Waals surface area contributed by atoms with Crippen LogP contribution in [-0.4, -0.2) is 23.2 Å². The number of benzene rings is 2. The lowest BCUT2D eigenvalue weighted by molar-refractivity contribution is 0.102. The number of hydrogen-bond acceptors (Lipinski definition) is 3. The summed E-state index contributed by atoms with van der Waals surface area (Å²) in [5.74, 6) is 0.299. The molecule has 1 heterocycles. The number of amides is 1. The van der Waals surface area contributed by atoms with Crippen molar-refractivity contribution in [3.8, 4) is 5.75 Å². The number of fused-ring (bicyclic) bond motifs is 1. The van der Waals surface area contributed by atoms with Crippen molar-refractivity contribution in [2.45, 2.75) is 0 Å². The summed E-state index contributed by atoms with van der Waals surface area (Å²) in [4.78, 5) is 12.1. The molecule has 0 aliphatic heterocycles. The maximum atomic E-state index is 12.9. The van der Waals surface area contributed by atoms with Gasteiger partial charge in [0, 0.05) is 10.9 Å². The highest BCUT2D eigenvalue weighted by molar-refractivity contribution is 6.08. The molecule has 0 fully saturated rings. The van der Waals surface area contributed by atoms with E-state index in [1.807, 2.05) is 12.1 Å². The highest BCUT2D eigenvalue weighted by atomic mass is 19.1. The van der Waals surface area contributed by atoms with Crippen LogP contribution in [0.5, 0.6) is 5.75 Å². The average Bonchev–Trinajstić information content (AvgIpc) is 2.91. The monoisotopic (exact) mass is 285 g/mol. The Labute approximate surface area is 119 Å². The number of methoxy groups -OCH3 is 1. The number of carbonyl (C=O) groups excluding carboxylic acids is 1. The van der Waals surface area contributed by atoms with Crippen molar-refractivity contribution in [2.75, 3.05) is 12.4 Å². The molecular formula is C15H12FN3O2. The van der Waals surface area contributed by atoms with Gasteiger partial charge in [-0.25, -0.2) is 4.39 Å². The lowest BCUT2D eigenvalue weighted by Gasteiger charge is -2.03. The molecule has 2 N–H and O–H groups in total. The van der Waals surface area contributed by atoms with E-state index in [9.17, 15) is 9.18 Å². The van der Waals surface area contributed by atoms with Crippen LogP contribution in [0.1, 0.15) is 10.4 Å². The number of hydrogen-bond donors (Lipinski definition) is 2. The smallest absolute Gasteiger partial charge is 0.256 e. The Morgan fingerprint density at radius 1 is 1.24 bits per heavy atom. The first-order valence-electron chi connectivity index (χ1n) is 6.27. The van der Waals surface area contributed by atoms with Crippen molar-refractivity contribution in [3.05, 3.63) is 53.8 Å². The summed E-state index contributed by atoms with van der Waals surface area (Å²) >= 11 is 0. The number of H-pyrrole nitrogens is 1. The van der Waals surface area contributed by atoms with Gasteiger partial charge in [0.1, 0.15) is 17.1 Å². The van der Waals surface area contributed by atoms with Gasteiger partial charge in [-0.1, -0.05) is 6.07 Å². The third-order valence-electron chi connectivity index (χ3n) is 3.12. The minimum atomic E-state index is -0.387. The standard InChI is InChI=1S/C15H12FN3O2/c1-21-12-4-2-3-11-13(12)18-19-14(11)17-15(20)9-5-7-10(16)8-6-9/h2-8H,1H3,(H2,17,18,19,20). The second-order valence-electron chi connectivity index (χ2n) is 4.42. The average molecular weight is 285 g/mol. The Kier molecular flexibility index (Phi) is 3.27. The molecular weight excluding hydrogens is 273 g/mol. The van der Waals surface area contributed by atoms with Crippen LogP contribution in [0.4, 0.5) is 10.2 Å². The van der Waals surface area contributed by atoms with E-state index in [0.717, 1.165) is 5.39 Å². The van der Waals surface area contributed by atoms with Crippen LogP contribution >= 0.6 is 0 Å². The van der Waals surface area contributed by atoms with Gasteiger partial charge in [-0.3, -0.25) is 9.89 Å². The lowest BCUT2D eigenvalue weighted by Crippen LogP contribution is -2.12. The SMILES string of the molecule is COc1cccc2c(NC(=O)c3ccc(F)cc3)n[nH]c12. The molecule has 5 nitrogen and oxygen atoms in total. The number of nitrogens with one attached hydrogen (secondary N) is 2. The molecule has 0 unspecified atom stereocenters. The number of nitrogens with zero attached hydrogens (tertiary/aromatic N) is 1. The molecule has 0 aliphatic carbocycles. The van der Waals surface area contributed by atoms with Gasteiger partial charge in [-0.2, -0.15) is 5.10 Å². The summed E-state index contributed by atoms with van der Waals surface area (Å²) in [5.41, 5.74) is 1.06.